The minimum absolute atomic E-state index is 0. The fourth-order valence-electron chi connectivity index (χ4n) is 7.89. The first-order chi connectivity index (χ1) is 27.6. The molecule has 0 atom stereocenters. The fourth-order valence-corrected chi connectivity index (χ4v) is 7.89. The normalized spacial score (nSPS) is 11.9. The van der Waals surface area contributed by atoms with Crippen molar-refractivity contribution in [3.8, 4) is 11.1 Å². The van der Waals surface area contributed by atoms with Gasteiger partial charge in [-0.1, -0.05) is 48.5 Å². The van der Waals surface area contributed by atoms with Gasteiger partial charge in [-0.05, 0) is 176 Å². The molecule has 9 rings (SSSR count). The van der Waals surface area contributed by atoms with Crippen LogP contribution in [-0.2, 0) is 0 Å². The zero-order valence-corrected chi connectivity index (χ0v) is 38.6. The summed E-state index contributed by atoms with van der Waals surface area (Å²) in [4.78, 5) is 0. The van der Waals surface area contributed by atoms with Gasteiger partial charge < -0.3 is 32.7 Å². The Morgan fingerprint density at radius 1 is 0.356 bits per heavy atom. The Morgan fingerprint density at radius 3 is 0.712 bits per heavy atom. The van der Waals surface area contributed by atoms with Crippen molar-refractivity contribution in [2.24, 2.45) is 0 Å². The van der Waals surface area contributed by atoms with E-state index in [-0.39, 0.29) is 57.5 Å². The summed E-state index contributed by atoms with van der Waals surface area (Å²) in [6.45, 7) is 24.4. The van der Waals surface area contributed by atoms with E-state index in [1.165, 1.54) is 0 Å². The van der Waals surface area contributed by atoms with Crippen LogP contribution in [0.2, 0.25) is 0 Å². The number of hydrogen-bond acceptors (Lipinski definition) is 7. The summed E-state index contributed by atoms with van der Waals surface area (Å²) in [6, 6.07) is 28.3. The van der Waals surface area contributed by atoms with Crippen LogP contribution in [0, 0.1) is 130 Å². The third-order valence-electron chi connectivity index (χ3n) is 10.2. The van der Waals surface area contributed by atoms with E-state index in [9.17, 15) is 5.11 Å². The Balaban J connectivity index is 0.000000201. The van der Waals surface area contributed by atoms with Gasteiger partial charge in [-0.2, -0.15) is 0 Å². The van der Waals surface area contributed by atoms with Gasteiger partial charge in [0.2, 0.25) is 0 Å². The van der Waals surface area contributed by atoms with Gasteiger partial charge in [-0.3, -0.25) is 0 Å². The van der Waals surface area contributed by atoms with Crippen LogP contribution in [0.25, 0.3) is 11.1 Å². The van der Waals surface area contributed by atoms with Crippen LogP contribution in [-0.4, -0.2) is 77.5 Å². The van der Waals surface area contributed by atoms with Gasteiger partial charge in [0.15, 0.2) is 6.10 Å². The average molecular weight is 928 g/mol. The van der Waals surface area contributed by atoms with E-state index < -0.39 is 0 Å². The first-order valence-corrected chi connectivity index (χ1v) is 19.5. The molecule has 59 heavy (non-hydrogen) atoms. The van der Waals surface area contributed by atoms with Crippen LogP contribution < -0.4 is 0 Å². The molecule has 0 aliphatic heterocycles. The second kappa shape index (κ2) is 17.8. The van der Waals surface area contributed by atoms with Crippen molar-refractivity contribution < 1.29 is 48.3 Å². The quantitative estimate of drug-likeness (QED) is 0.171. The SMILES string of the molecule is Cc1cc(C)n([B-](n2nc(C)cc2C)n2nc(C)cc2C)n1.Cc1cc(C)n([B-](n2nc(C)cc2C)n2nc(C)cc2C)n1.O[C]1c2ccccc2-c2ccccc21.[HH].[HH].[Sm]. The molecule has 16 heteroatoms. The number of aryl methyl sites for hydroxylation is 12. The molecule has 0 spiro atoms. The summed E-state index contributed by atoms with van der Waals surface area (Å²) in [5.41, 5.74) is 16.6. The van der Waals surface area contributed by atoms with Crippen LogP contribution >= 0.6 is 0 Å². The number of rotatable bonds is 6. The third-order valence-corrected chi connectivity index (χ3v) is 10.2. The third kappa shape index (κ3) is 8.87. The van der Waals surface area contributed by atoms with E-state index >= 15 is 0 Å². The van der Waals surface area contributed by atoms with E-state index in [1.807, 2.05) is 118 Å². The zero-order chi connectivity index (χ0) is 41.6. The van der Waals surface area contributed by atoms with E-state index in [1.54, 1.807) is 0 Å². The van der Waals surface area contributed by atoms with Gasteiger partial charge >= 0.3 is 0 Å². The molecule has 0 saturated carbocycles. The molecule has 1 aliphatic rings. The molecule has 0 fully saturated rings. The predicted molar refractivity (Wildman–Crippen MR) is 234 cm³/mol. The van der Waals surface area contributed by atoms with E-state index in [2.05, 4.69) is 109 Å². The molecular formula is C43H55B2N12OSm-2. The molecule has 2 aromatic carbocycles. The molecule has 13 nitrogen and oxygen atoms in total. The Labute approximate surface area is 382 Å². The molecule has 0 amide bonds. The van der Waals surface area contributed by atoms with Crippen molar-refractivity contribution in [2.45, 2.75) is 83.1 Å². The van der Waals surface area contributed by atoms with Crippen molar-refractivity contribution >= 4 is 14.2 Å². The molecule has 8 aromatic rings. The monoisotopic (exact) mass is 929 g/mol. The van der Waals surface area contributed by atoms with Crippen molar-refractivity contribution in [2.75, 3.05) is 0 Å². The van der Waals surface area contributed by atoms with E-state index in [0.29, 0.717) is 6.10 Å². The fraction of sp³-hybridized carbons (Fsp3) is 0.279. The van der Waals surface area contributed by atoms with Crippen molar-refractivity contribution in [1.82, 2.24) is 58.1 Å². The van der Waals surface area contributed by atoms with E-state index in [4.69, 9.17) is 0 Å². The minimum Gasteiger partial charge on any atom is -0.422 e. The van der Waals surface area contributed by atoms with Crippen LogP contribution in [0.1, 0.15) is 82.3 Å². The first-order valence-electron chi connectivity index (χ1n) is 19.5. The molecule has 0 bridgehead atoms. The predicted octanol–water partition coefficient (Wildman–Crippen LogP) is 7.57. The summed E-state index contributed by atoms with van der Waals surface area (Å²) < 4.78 is 11.9. The topological polar surface area (TPSA) is 127 Å². The van der Waals surface area contributed by atoms with Gasteiger partial charge in [0.1, 0.15) is 0 Å². The van der Waals surface area contributed by atoms with Gasteiger partial charge in [-0.25, -0.2) is 30.6 Å². The van der Waals surface area contributed by atoms with Gasteiger partial charge in [0.05, 0.1) is 34.2 Å². The molecule has 3 radical (unpaired) electrons. The number of aliphatic hydroxyl groups is 1. The number of hydrogen-bond donors (Lipinski definition) is 1. The Hall–Kier alpha value is -4.87. The van der Waals surface area contributed by atoms with Crippen LogP contribution in [0.15, 0.2) is 84.9 Å². The zero-order valence-electron chi connectivity index (χ0n) is 36.0. The summed E-state index contributed by atoms with van der Waals surface area (Å²) in [5.74, 6) is 0. The second-order valence-electron chi connectivity index (χ2n) is 15.4. The number of nitrogens with zero attached hydrogens (tertiary/aromatic N) is 12. The van der Waals surface area contributed by atoms with Gasteiger partial charge in [0.25, 0.3) is 14.2 Å². The maximum Gasteiger partial charge on any atom is 0.261 e. The molecule has 0 unspecified atom stereocenters. The molecule has 1 N–H and O–H groups in total. The maximum absolute atomic E-state index is 9.95. The summed E-state index contributed by atoms with van der Waals surface area (Å²) >= 11 is 0. The smallest absolute Gasteiger partial charge is 0.261 e. The second-order valence-corrected chi connectivity index (χ2v) is 15.4. The minimum atomic E-state index is -0.226. The molecule has 6 aromatic heterocycles. The maximum atomic E-state index is 9.95. The Kier molecular flexibility index (Phi) is 13.2. The number of fused-ring (bicyclic) bond motifs is 3. The number of aromatic nitrogens is 12. The van der Waals surface area contributed by atoms with Gasteiger partial charge in [-0.15, -0.1) is 0 Å². The molecule has 6 heterocycles. The Morgan fingerprint density at radius 2 is 0.542 bits per heavy atom. The molecular weight excluding hydrogens is 873 g/mol. The summed E-state index contributed by atoms with van der Waals surface area (Å²) in [6.07, 6.45) is 0.399. The summed E-state index contributed by atoms with van der Waals surface area (Å²) in [5, 5.41) is 37.9. The number of benzene rings is 2. The van der Waals surface area contributed by atoms with Crippen molar-refractivity contribution in [3.63, 3.8) is 0 Å². The van der Waals surface area contributed by atoms with Gasteiger partial charge in [0, 0.05) is 43.2 Å². The Bertz CT molecular complexity index is 2340. The average Bonchev–Trinajstić information content (AvgIpc) is 4.04. The number of aliphatic hydroxyl groups excluding tert-OH is 1. The summed E-state index contributed by atoms with van der Waals surface area (Å²) in [7, 11) is -0.452. The molecule has 307 valence electrons. The molecule has 0 saturated heterocycles. The van der Waals surface area contributed by atoms with Crippen LogP contribution in [0.4, 0.5) is 0 Å². The largest absolute Gasteiger partial charge is 0.422 e. The standard InChI is InChI=1S/2C15H21BN6.C13H9O.Sm.2H2/c2*1-10-7-13(4)20(17-10)16(21-14(5)8-11(2)18-21)22-15(6)9-12(3)19-22;14-13-11-7-3-1-5-9(11)10-6-2-4-8-12(10)13;;;/h2*7-9H,1-6H3;1-8,14H;;2*1H/q2*-1;;;;. The van der Waals surface area contributed by atoms with Crippen LogP contribution in [0.5, 0.6) is 0 Å². The first kappa shape index (κ1) is 43.7. The van der Waals surface area contributed by atoms with Crippen molar-refractivity contribution in [1.29, 1.82) is 0 Å². The van der Waals surface area contributed by atoms with Crippen molar-refractivity contribution in [3.05, 3.63) is 170 Å². The molecule has 1 aliphatic carbocycles. The van der Waals surface area contributed by atoms with E-state index in [0.717, 1.165) is 90.6 Å². The van der Waals surface area contributed by atoms with Crippen LogP contribution in [0.3, 0.4) is 0 Å².